The Morgan fingerprint density at radius 2 is 1.52 bits per heavy atom. The molecule has 1 heterocycles. The smallest absolute Gasteiger partial charge is 0.337 e. The molecule has 130 valence electrons. The van der Waals surface area contributed by atoms with Gasteiger partial charge in [0.1, 0.15) is 5.82 Å². The zero-order valence-corrected chi connectivity index (χ0v) is 13.9. The SMILES string of the molecule is COC(=O)c1ccc(C(=O)N2CCN(c3ccccc3F)CC2)cc1. The van der Waals surface area contributed by atoms with E-state index in [0.29, 0.717) is 43.0 Å². The lowest BCUT2D eigenvalue weighted by Gasteiger charge is -2.36. The topological polar surface area (TPSA) is 49.9 Å². The maximum Gasteiger partial charge on any atom is 0.337 e. The highest BCUT2D eigenvalue weighted by atomic mass is 19.1. The zero-order valence-electron chi connectivity index (χ0n) is 13.9. The Bertz CT molecular complexity index is 768. The van der Waals surface area contributed by atoms with Crippen LogP contribution in [-0.2, 0) is 4.74 Å². The van der Waals surface area contributed by atoms with Gasteiger partial charge in [0.05, 0.1) is 18.4 Å². The number of piperazine rings is 1. The summed E-state index contributed by atoms with van der Waals surface area (Å²) in [5, 5.41) is 0. The number of nitrogens with zero attached hydrogens (tertiary/aromatic N) is 2. The van der Waals surface area contributed by atoms with Gasteiger partial charge in [0.15, 0.2) is 0 Å². The van der Waals surface area contributed by atoms with Gasteiger partial charge in [0, 0.05) is 31.7 Å². The van der Waals surface area contributed by atoms with E-state index in [0.717, 1.165) is 0 Å². The number of amides is 1. The molecule has 0 saturated carbocycles. The monoisotopic (exact) mass is 342 g/mol. The van der Waals surface area contributed by atoms with Gasteiger partial charge in [0.2, 0.25) is 0 Å². The van der Waals surface area contributed by atoms with Gasteiger partial charge >= 0.3 is 5.97 Å². The van der Waals surface area contributed by atoms with Crippen LogP contribution in [0.1, 0.15) is 20.7 Å². The lowest BCUT2D eigenvalue weighted by molar-refractivity contribution is 0.0599. The van der Waals surface area contributed by atoms with Crippen LogP contribution in [0.4, 0.5) is 10.1 Å². The van der Waals surface area contributed by atoms with Crippen molar-refractivity contribution >= 4 is 17.6 Å². The fourth-order valence-corrected chi connectivity index (χ4v) is 2.91. The Balaban J connectivity index is 1.63. The van der Waals surface area contributed by atoms with E-state index in [1.54, 1.807) is 47.4 Å². The quantitative estimate of drug-likeness (QED) is 0.805. The van der Waals surface area contributed by atoms with Crippen molar-refractivity contribution < 1.29 is 18.7 Å². The molecule has 1 amide bonds. The summed E-state index contributed by atoms with van der Waals surface area (Å²) in [7, 11) is 1.32. The standard InChI is InChI=1S/C19H19FN2O3/c1-25-19(24)15-8-6-14(7-9-15)18(23)22-12-10-21(11-13-22)17-5-3-2-4-16(17)20/h2-9H,10-13H2,1H3. The van der Waals surface area contributed by atoms with E-state index in [1.165, 1.54) is 13.2 Å². The largest absolute Gasteiger partial charge is 0.465 e. The van der Waals surface area contributed by atoms with E-state index in [1.807, 2.05) is 4.90 Å². The van der Waals surface area contributed by atoms with Crippen LogP contribution in [0.2, 0.25) is 0 Å². The van der Waals surface area contributed by atoms with E-state index in [-0.39, 0.29) is 11.7 Å². The molecular formula is C19H19FN2O3. The van der Waals surface area contributed by atoms with Crippen molar-refractivity contribution in [2.75, 3.05) is 38.2 Å². The van der Waals surface area contributed by atoms with Gasteiger partial charge < -0.3 is 14.5 Å². The summed E-state index contributed by atoms with van der Waals surface area (Å²) in [6.07, 6.45) is 0. The number of anilines is 1. The highest BCUT2D eigenvalue weighted by molar-refractivity contribution is 5.96. The first-order chi connectivity index (χ1) is 12.1. The third kappa shape index (κ3) is 3.63. The highest BCUT2D eigenvalue weighted by Gasteiger charge is 2.23. The summed E-state index contributed by atoms with van der Waals surface area (Å²) in [5.41, 5.74) is 1.49. The van der Waals surface area contributed by atoms with E-state index in [2.05, 4.69) is 4.74 Å². The Kier molecular flexibility index (Phi) is 4.97. The molecule has 0 aliphatic carbocycles. The molecule has 1 fully saturated rings. The maximum absolute atomic E-state index is 13.9. The van der Waals surface area contributed by atoms with Crippen molar-refractivity contribution in [1.29, 1.82) is 0 Å². The van der Waals surface area contributed by atoms with Gasteiger partial charge in [-0.15, -0.1) is 0 Å². The van der Waals surface area contributed by atoms with Crippen molar-refractivity contribution in [2.24, 2.45) is 0 Å². The first-order valence-corrected chi connectivity index (χ1v) is 8.07. The zero-order chi connectivity index (χ0) is 17.8. The molecule has 3 rings (SSSR count). The summed E-state index contributed by atoms with van der Waals surface area (Å²) < 4.78 is 18.5. The molecule has 0 radical (unpaired) electrons. The average Bonchev–Trinajstić information content (AvgIpc) is 2.67. The molecule has 1 aliphatic heterocycles. The van der Waals surface area contributed by atoms with Crippen LogP contribution in [0.15, 0.2) is 48.5 Å². The number of carbonyl (C=O) groups is 2. The molecule has 0 unspecified atom stereocenters. The number of para-hydroxylation sites is 1. The molecular weight excluding hydrogens is 323 g/mol. The second-order valence-electron chi connectivity index (χ2n) is 5.80. The second-order valence-corrected chi connectivity index (χ2v) is 5.80. The summed E-state index contributed by atoms with van der Waals surface area (Å²) >= 11 is 0. The predicted octanol–water partition coefficient (Wildman–Crippen LogP) is 2.57. The minimum atomic E-state index is -0.433. The highest BCUT2D eigenvalue weighted by Crippen LogP contribution is 2.20. The van der Waals surface area contributed by atoms with Crippen LogP contribution in [-0.4, -0.2) is 50.1 Å². The molecule has 25 heavy (non-hydrogen) atoms. The number of benzene rings is 2. The third-order valence-corrected chi connectivity index (χ3v) is 4.31. The van der Waals surface area contributed by atoms with Crippen molar-refractivity contribution in [1.82, 2.24) is 4.90 Å². The molecule has 0 aromatic heterocycles. The van der Waals surface area contributed by atoms with Crippen LogP contribution in [0.3, 0.4) is 0 Å². The first kappa shape index (κ1) is 17.0. The molecule has 0 bridgehead atoms. The van der Waals surface area contributed by atoms with Crippen LogP contribution in [0.5, 0.6) is 0 Å². The molecule has 0 atom stereocenters. The number of ether oxygens (including phenoxy) is 1. The Morgan fingerprint density at radius 1 is 0.920 bits per heavy atom. The second kappa shape index (κ2) is 7.34. The minimum Gasteiger partial charge on any atom is -0.465 e. The number of hydrogen-bond acceptors (Lipinski definition) is 4. The van der Waals surface area contributed by atoms with E-state index in [9.17, 15) is 14.0 Å². The molecule has 2 aromatic carbocycles. The van der Waals surface area contributed by atoms with E-state index >= 15 is 0 Å². The minimum absolute atomic E-state index is 0.0930. The van der Waals surface area contributed by atoms with Crippen LogP contribution < -0.4 is 4.90 Å². The molecule has 0 N–H and O–H groups in total. The normalized spacial score (nSPS) is 14.3. The van der Waals surface area contributed by atoms with Gasteiger partial charge in [-0.25, -0.2) is 9.18 Å². The number of carbonyl (C=O) groups excluding carboxylic acids is 2. The van der Waals surface area contributed by atoms with Crippen LogP contribution in [0.25, 0.3) is 0 Å². The third-order valence-electron chi connectivity index (χ3n) is 4.31. The van der Waals surface area contributed by atoms with Gasteiger partial charge in [0.25, 0.3) is 5.91 Å². The van der Waals surface area contributed by atoms with Crippen molar-refractivity contribution in [3.8, 4) is 0 Å². The van der Waals surface area contributed by atoms with Crippen LogP contribution >= 0.6 is 0 Å². The summed E-state index contributed by atoms with van der Waals surface area (Å²) in [6.45, 7) is 2.19. The predicted molar refractivity (Wildman–Crippen MR) is 92.3 cm³/mol. The van der Waals surface area contributed by atoms with Gasteiger partial charge in [-0.1, -0.05) is 12.1 Å². The summed E-state index contributed by atoms with van der Waals surface area (Å²) in [6, 6.07) is 13.1. The fraction of sp³-hybridized carbons (Fsp3) is 0.263. The summed E-state index contributed by atoms with van der Waals surface area (Å²) in [5.74, 6) is -0.775. The molecule has 1 saturated heterocycles. The van der Waals surface area contributed by atoms with Gasteiger partial charge in [-0.3, -0.25) is 4.79 Å². The van der Waals surface area contributed by atoms with Gasteiger partial charge in [-0.05, 0) is 36.4 Å². The fourth-order valence-electron chi connectivity index (χ4n) is 2.91. The first-order valence-electron chi connectivity index (χ1n) is 8.07. The molecule has 5 nitrogen and oxygen atoms in total. The lowest BCUT2D eigenvalue weighted by Crippen LogP contribution is -2.49. The molecule has 6 heteroatoms. The van der Waals surface area contributed by atoms with Crippen molar-refractivity contribution in [2.45, 2.75) is 0 Å². The Hall–Kier alpha value is -2.89. The number of esters is 1. The van der Waals surface area contributed by atoms with E-state index in [4.69, 9.17) is 0 Å². The number of halogens is 1. The van der Waals surface area contributed by atoms with Crippen molar-refractivity contribution in [3.05, 3.63) is 65.5 Å². The molecule has 0 spiro atoms. The molecule has 1 aliphatic rings. The van der Waals surface area contributed by atoms with Gasteiger partial charge in [-0.2, -0.15) is 0 Å². The Morgan fingerprint density at radius 3 is 2.12 bits per heavy atom. The maximum atomic E-state index is 13.9. The summed E-state index contributed by atoms with van der Waals surface area (Å²) in [4.78, 5) is 27.7. The number of rotatable bonds is 3. The van der Waals surface area contributed by atoms with Crippen LogP contribution in [0, 0.1) is 5.82 Å². The number of methoxy groups -OCH3 is 1. The van der Waals surface area contributed by atoms with E-state index < -0.39 is 5.97 Å². The van der Waals surface area contributed by atoms with Crippen molar-refractivity contribution in [3.63, 3.8) is 0 Å². The average molecular weight is 342 g/mol. The Labute approximate surface area is 145 Å². The number of hydrogen-bond donors (Lipinski definition) is 0. The lowest BCUT2D eigenvalue weighted by atomic mass is 10.1. The molecule has 2 aromatic rings.